The predicted octanol–water partition coefficient (Wildman–Crippen LogP) is 6.13. The average Bonchev–Trinajstić information content (AvgIpc) is 3.22. The minimum atomic E-state index is -0.446. The number of non-ortho nitro benzene ring substituents is 1. The van der Waals surface area contributed by atoms with Gasteiger partial charge in [-0.2, -0.15) is 0 Å². The number of nitro groups is 1. The second-order valence-electron chi connectivity index (χ2n) is 6.92. The Kier molecular flexibility index (Phi) is 6.71. The molecule has 0 aliphatic rings. The molecule has 0 radical (unpaired) electrons. The van der Waals surface area contributed by atoms with Crippen LogP contribution < -0.4 is 0 Å². The molecule has 8 nitrogen and oxygen atoms in total. The predicted molar refractivity (Wildman–Crippen MR) is 129 cm³/mol. The van der Waals surface area contributed by atoms with Crippen molar-refractivity contribution in [2.45, 2.75) is 23.5 Å². The van der Waals surface area contributed by atoms with E-state index in [9.17, 15) is 15.2 Å². The number of aliphatic imine (C=N–C) groups is 1. The van der Waals surface area contributed by atoms with Gasteiger partial charge in [-0.15, -0.1) is 10.2 Å². The van der Waals surface area contributed by atoms with Gasteiger partial charge in [0.25, 0.3) is 5.69 Å². The molecule has 4 aromatic rings. The second-order valence-corrected chi connectivity index (χ2v) is 8.36. The first-order valence-corrected chi connectivity index (χ1v) is 11.1. The smallest absolute Gasteiger partial charge is 0.270 e. The van der Waals surface area contributed by atoms with Crippen LogP contribution in [0.3, 0.4) is 0 Å². The van der Waals surface area contributed by atoms with Crippen LogP contribution in [-0.4, -0.2) is 31.0 Å². The van der Waals surface area contributed by atoms with Crippen molar-refractivity contribution < 1.29 is 10.0 Å². The lowest BCUT2D eigenvalue weighted by Crippen LogP contribution is -2.00. The van der Waals surface area contributed by atoms with Gasteiger partial charge in [0.2, 0.25) is 0 Å². The molecule has 4 rings (SSSR count). The van der Waals surface area contributed by atoms with E-state index in [1.54, 1.807) is 30.5 Å². The zero-order chi connectivity index (χ0) is 23.4. The summed E-state index contributed by atoms with van der Waals surface area (Å²) in [7, 11) is 0. The molecule has 0 saturated heterocycles. The maximum atomic E-state index is 11.3. The van der Waals surface area contributed by atoms with Crippen molar-refractivity contribution in [3.05, 3.63) is 87.4 Å². The number of phenols is 1. The molecular weight excluding hydrogens is 462 g/mol. The summed E-state index contributed by atoms with van der Waals surface area (Å²) in [5, 5.41) is 30.7. The molecule has 10 heteroatoms. The zero-order valence-corrected chi connectivity index (χ0v) is 19.0. The van der Waals surface area contributed by atoms with Crippen molar-refractivity contribution in [3.8, 4) is 17.1 Å². The van der Waals surface area contributed by atoms with Gasteiger partial charge in [-0.1, -0.05) is 23.7 Å². The third-order valence-electron chi connectivity index (χ3n) is 4.72. The molecule has 1 aromatic heterocycles. The molecule has 166 valence electrons. The lowest BCUT2D eigenvalue weighted by Gasteiger charge is -2.09. The number of halogens is 1. The van der Waals surface area contributed by atoms with Gasteiger partial charge in [-0.25, -0.2) is 0 Å². The first kappa shape index (κ1) is 22.5. The van der Waals surface area contributed by atoms with Gasteiger partial charge in [0, 0.05) is 45.9 Å². The molecule has 0 aliphatic heterocycles. The summed E-state index contributed by atoms with van der Waals surface area (Å²) in [6.07, 6.45) is 1.56. The van der Waals surface area contributed by atoms with E-state index < -0.39 is 4.92 Å². The molecule has 0 fully saturated rings. The molecule has 0 saturated carbocycles. The Balaban J connectivity index is 1.70. The highest BCUT2D eigenvalue weighted by molar-refractivity contribution is 7.99. The monoisotopic (exact) mass is 479 g/mol. The van der Waals surface area contributed by atoms with E-state index in [0.717, 1.165) is 10.5 Å². The fraction of sp³-hybridized carbons (Fsp3) is 0.0870. The zero-order valence-electron chi connectivity index (χ0n) is 17.4. The Morgan fingerprint density at radius 1 is 1.15 bits per heavy atom. The van der Waals surface area contributed by atoms with Crippen LogP contribution in [0.5, 0.6) is 5.75 Å². The summed E-state index contributed by atoms with van der Waals surface area (Å²) < 4.78 is 1.96. The average molecular weight is 480 g/mol. The van der Waals surface area contributed by atoms with Crippen molar-refractivity contribution >= 4 is 41.0 Å². The van der Waals surface area contributed by atoms with Gasteiger partial charge < -0.3 is 9.67 Å². The van der Waals surface area contributed by atoms with Crippen molar-refractivity contribution in [1.29, 1.82) is 0 Å². The SMILES string of the molecule is CCn1c(Sc2ccc([N+](=O)[O-])cc2C=Nc2ccc(O)cc2)nnc1-c1cccc(Cl)c1. The number of rotatable bonds is 7. The first-order valence-electron chi connectivity index (χ1n) is 9.93. The summed E-state index contributed by atoms with van der Waals surface area (Å²) >= 11 is 7.48. The summed E-state index contributed by atoms with van der Waals surface area (Å²) in [6, 6.07) is 18.3. The van der Waals surface area contributed by atoms with Crippen LogP contribution in [0.1, 0.15) is 12.5 Å². The van der Waals surface area contributed by atoms with Gasteiger partial charge in [0.15, 0.2) is 11.0 Å². The minimum absolute atomic E-state index is 0.0388. The molecule has 0 bridgehead atoms. The quantitative estimate of drug-likeness (QED) is 0.194. The minimum Gasteiger partial charge on any atom is -0.508 e. The first-order chi connectivity index (χ1) is 15.9. The van der Waals surface area contributed by atoms with Crippen LogP contribution in [0.15, 0.2) is 81.8 Å². The summed E-state index contributed by atoms with van der Waals surface area (Å²) in [6.45, 7) is 2.62. The van der Waals surface area contributed by atoms with Crippen molar-refractivity contribution in [2.75, 3.05) is 0 Å². The number of nitrogens with zero attached hydrogens (tertiary/aromatic N) is 5. The molecule has 33 heavy (non-hydrogen) atoms. The molecular formula is C23H18ClN5O3S. The van der Waals surface area contributed by atoms with Gasteiger partial charge in [-0.05, 0) is 61.2 Å². The van der Waals surface area contributed by atoms with Crippen molar-refractivity contribution in [3.63, 3.8) is 0 Å². The van der Waals surface area contributed by atoms with Crippen molar-refractivity contribution in [2.24, 2.45) is 4.99 Å². The van der Waals surface area contributed by atoms with E-state index >= 15 is 0 Å². The number of aromatic hydroxyl groups is 1. The Morgan fingerprint density at radius 3 is 2.64 bits per heavy atom. The molecule has 1 heterocycles. The van der Waals surface area contributed by atoms with E-state index in [-0.39, 0.29) is 11.4 Å². The standard InChI is InChI=1S/C23H18ClN5O3S/c1-2-28-22(15-4-3-5-17(24)12-15)26-27-23(28)33-21-11-8-19(29(31)32)13-16(21)14-25-18-6-9-20(30)10-7-18/h3-14,30H,2H2,1H3. The summed E-state index contributed by atoms with van der Waals surface area (Å²) in [5.74, 6) is 0.818. The number of hydrogen-bond donors (Lipinski definition) is 1. The topological polar surface area (TPSA) is 106 Å². The van der Waals surface area contributed by atoms with Gasteiger partial charge in [-0.3, -0.25) is 15.1 Å². The van der Waals surface area contributed by atoms with E-state index in [4.69, 9.17) is 11.6 Å². The van der Waals surface area contributed by atoms with Gasteiger partial charge in [0.1, 0.15) is 5.75 Å². The maximum absolute atomic E-state index is 11.3. The van der Waals surface area contributed by atoms with Crippen LogP contribution >= 0.6 is 23.4 Å². The van der Waals surface area contributed by atoms with Gasteiger partial charge >= 0.3 is 0 Å². The van der Waals surface area contributed by atoms with Crippen LogP contribution in [-0.2, 0) is 6.54 Å². The molecule has 0 aliphatic carbocycles. The highest BCUT2D eigenvalue weighted by Crippen LogP contribution is 2.33. The number of nitro benzene ring substituents is 1. The largest absolute Gasteiger partial charge is 0.508 e. The molecule has 1 N–H and O–H groups in total. The number of benzene rings is 3. The summed E-state index contributed by atoms with van der Waals surface area (Å²) in [4.78, 5) is 16.0. The molecule has 0 atom stereocenters. The molecule has 0 amide bonds. The highest BCUT2D eigenvalue weighted by atomic mass is 35.5. The van der Waals surface area contributed by atoms with Gasteiger partial charge in [0.05, 0.1) is 10.6 Å². The third kappa shape index (κ3) is 5.21. The Labute approximate surface area is 198 Å². The van der Waals surface area contributed by atoms with Crippen LogP contribution in [0.4, 0.5) is 11.4 Å². The Bertz CT molecular complexity index is 1340. The maximum Gasteiger partial charge on any atom is 0.270 e. The van der Waals surface area contributed by atoms with E-state index in [1.807, 2.05) is 29.7 Å². The van der Waals surface area contributed by atoms with Crippen LogP contribution in [0, 0.1) is 10.1 Å². The van der Waals surface area contributed by atoms with E-state index in [1.165, 1.54) is 36.0 Å². The van der Waals surface area contributed by atoms with Crippen LogP contribution in [0.2, 0.25) is 5.02 Å². The highest BCUT2D eigenvalue weighted by Gasteiger charge is 2.17. The third-order valence-corrected chi connectivity index (χ3v) is 6.04. The lowest BCUT2D eigenvalue weighted by atomic mass is 10.2. The fourth-order valence-corrected chi connectivity index (χ4v) is 4.27. The lowest BCUT2D eigenvalue weighted by molar-refractivity contribution is -0.384. The number of aromatic nitrogens is 3. The molecule has 0 spiro atoms. The Hall–Kier alpha value is -3.69. The second kappa shape index (κ2) is 9.85. The van der Waals surface area contributed by atoms with Crippen molar-refractivity contribution in [1.82, 2.24) is 14.8 Å². The van der Waals surface area contributed by atoms with Crippen LogP contribution in [0.25, 0.3) is 11.4 Å². The van der Waals surface area contributed by atoms with E-state index in [2.05, 4.69) is 15.2 Å². The fourth-order valence-electron chi connectivity index (χ4n) is 3.11. The number of hydrogen-bond acceptors (Lipinski definition) is 7. The summed E-state index contributed by atoms with van der Waals surface area (Å²) in [5.41, 5.74) is 1.98. The normalized spacial score (nSPS) is 11.2. The molecule has 0 unspecified atom stereocenters. The molecule has 3 aromatic carbocycles. The van der Waals surface area contributed by atoms with E-state index in [0.29, 0.717) is 33.8 Å². The Morgan fingerprint density at radius 2 is 1.94 bits per heavy atom. The number of phenolic OH excluding ortho intramolecular Hbond substituents is 1.